The number of rotatable bonds is 6. The standard InChI is InChI=1S/C17H29N3O3S/c21-15(4-7-19-10-13-24-16(19)22)18-14-17(5-2-1-3-6-17)20-8-11-23-12-9-20/h1-14H2,(H,18,21). The number of hydrogen-bond acceptors (Lipinski definition) is 5. The summed E-state index contributed by atoms with van der Waals surface area (Å²) in [6, 6.07) is 0. The maximum Gasteiger partial charge on any atom is 0.281 e. The van der Waals surface area contributed by atoms with E-state index in [-0.39, 0.29) is 16.7 Å². The second-order valence-corrected chi connectivity index (χ2v) is 8.06. The van der Waals surface area contributed by atoms with Gasteiger partial charge in [-0.25, -0.2) is 0 Å². The number of amides is 2. The Morgan fingerprint density at radius 3 is 2.58 bits per heavy atom. The lowest BCUT2D eigenvalue weighted by Crippen LogP contribution is -2.59. The van der Waals surface area contributed by atoms with E-state index < -0.39 is 0 Å². The molecule has 0 radical (unpaired) electrons. The summed E-state index contributed by atoms with van der Waals surface area (Å²) in [4.78, 5) is 28.2. The maximum atomic E-state index is 12.3. The Kier molecular flexibility index (Phi) is 6.41. The Morgan fingerprint density at radius 1 is 1.17 bits per heavy atom. The van der Waals surface area contributed by atoms with Crippen LogP contribution in [0.25, 0.3) is 0 Å². The summed E-state index contributed by atoms with van der Waals surface area (Å²) in [5.41, 5.74) is 0.108. The Balaban J connectivity index is 1.49. The lowest BCUT2D eigenvalue weighted by atomic mass is 9.79. The molecule has 7 heteroatoms. The van der Waals surface area contributed by atoms with Crippen molar-refractivity contribution in [3.8, 4) is 0 Å². The molecule has 3 rings (SSSR count). The molecule has 24 heavy (non-hydrogen) atoms. The van der Waals surface area contributed by atoms with Gasteiger partial charge >= 0.3 is 0 Å². The molecule has 2 aliphatic heterocycles. The minimum Gasteiger partial charge on any atom is -0.379 e. The Morgan fingerprint density at radius 2 is 1.92 bits per heavy atom. The predicted octanol–water partition coefficient (Wildman–Crippen LogP) is 1.70. The number of ether oxygens (including phenoxy) is 1. The van der Waals surface area contributed by atoms with E-state index >= 15 is 0 Å². The largest absolute Gasteiger partial charge is 0.379 e. The van der Waals surface area contributed by atoms with Crippen LogP contribution in [0, 0.1) is 0 Å². The first-order chi connectivity index (χ1) is 11.7. The number of morpholine rings is 1. The van der Waals surface area contributed by atoms with E-state index in [4.69, 9.17) is 4.74 Å². The number of thioether (sulfide) groups is 1. The molecule has 0 atom stereocenters. The fourth-order valence-corrected chi connectivity index (χ4v) is 4.92. The lowest BCUT2D eigenvalue weighted by molar-refractivity contribution is -0.122. The maximum absolute atomic E-state index is 12.3. The normalized spacial score (nSPS) is 25.0. The van der Waals surface area contributed by atoms with Gasteiger partial charge in [-0.2, -0.15) is 0 Å². The second kappa shape index (κ2) is 8.54. The molecule has 0 aromatic carbocycles. The van der Waals surface area contributed by atoms with Crippen LogP contribution in [0.5, 0.6) is 0 Å². The number of carbonyl (C=O) groups excluding carboxylic acids is 2. The van der Waals surface area contributed by atoms with Gasteiger partial charge in [0.2, 0.25) is 5.91 Å². The summed E-state index contributed by atoms with van der Waals surface area (Å²) < 4.78 is 5.50. The highest BCUT2D eigenvalue weighted by molar-refractivity contribution is 8.13. The summed E-state index contributed by atoms with van der Waals surface area (Å²) in [6.45, 7) is 5.57. The highest BCUT2D eigenvalue weighted by Crippen LogP contribution is 2.33. The average Bonchev–Trinajstić information content (AvgIpc) is 3.05. The molecule has 2 saturated heterocycles. The van der Waals surface area contributed by atoms with Crippen molar-refractivity contribution in [3.05, 3.63) is 0 Å². The average molecular weight is 356 g/mol. The molecule has 0 spiro atoms. The number of carbonyl (C=O) groups is 2. The molecule has 3 fully saturated rings. The number of nitrogens with one attached hydrogen (secondary N) is 1. The predicted molar refractivity (Wildman–Crippen MR) is 95.3 cm³/mol. The number of nitrogens with zero attached hydrogens (tertiary/aromatic N) is 2. The van der Waals surface area contributed by atoms with Crippen molar-refractivity contribution in [2.75, 3.05) is 51.7 Å². The summed E-state index contributed by atoms with van der Waals surface area (Å²) in [7, 11) is 0. The molecular formula is C17H29N3O3S. The first-order valence-corrected chi connectivity index (χ1v) is 10.2. The lowest BCUT2D eigenvalue weighted by Gasteiger charge is -2.48. The van der Waals surface area contributed by atoms with Crippen LogP contribution in [0.1, 0.15) is 38.5 Å². The zero-order valence-corrected chi connectivity index (χ0v) is 15.2. The van der Waals surface area contributed by atoms with Gasteiger partial charge in [0.1, 0.15) is 0 Å². The van der Waals surface area contributed by atoms with Crippen molar-refractivity contribution in [3.63, 3.8) is 0 Å². The SMILES string of the molecule is O=C(CCN1CCSC1=O)NCC1(N2CCOCC2)CCCCC1. The first-order valence-electron chi connectivity index (χ1n) is 9.21. The van der Waals surface area contributed by atoms with Crippen LogP contribution in [-0.2, 0) is 9.53 Å². The third-order valence-corrected chi connectivity index (χ3v) is 6.43. The molecule has 1 N–H and O–H groups in total. The summed E-state index contributed by atoms with van der Waals surface area (Å²) in [6.07, 6.45) is 6.52. The van der Waals surface area contributed by atoms with Gasteiger partial charge in [-0.05, 0) is 12.8 Å². The van der Waals surface area contributed by atoms with E-state index in [2.05, 4.69) is 10.2 Å². The molecule has 0 aromatic rings. The molecule has 1 saturated carbocycles. The van der Waals surface area contributed by atoms with Crippen LogP contribution in [0.4, 0.5) is 4.79 Å². The van der Waals surface area contributed by atoms with Crippen LogP contribution in [0.3, 0.4) is 0 Å². The van der Waals surface area contributed by atoms with E-state index in [9.17, 15) is 9.59 Å². The Hall–Kier alpha value is -0.790. The number of hydrogen-bond donors (Lipinski definition) is 1. The van der Waals surface area contributed by atoms with Gasteiger partial charge in [-0.15, -0.1) is 0 Å². The van der Waals surface area contributed by atoms with Gasteiger partial charge in [0.05, 0.1) is 13.2 Å². The first kappa shape index (κ1) is 18.0. The zero-order valence-electron chi connectivity index (χ0n) is 14.4. The molecule has 2 heterocycles. The Labute approximate surface area is 148 Å². The van der Waals surface area contributed by atoms with Gasteiger partial charge in [0.15, 0.2) is 0 Å². The molecule has 3 aliphatic rings. The van der Waals surface area contributed by atoms with Crippen molar-refractivity contribution in [1.29, 1.82) is 0 Å². The minimum atomic E-state index is 0.0675. The van der Waals surface area contributed by atoms with Crippen molar-refractivity contribution in [2.45, 2.75) is 44.1 Å². The van der Waals surface area contributed by atoms with E-state index in [0.29, 0.717) is 13.0 Å². The van der Waals surface area contributed by atoms with E-state index in [1.807, 2.05) is 0 Å². The molecule has 6 nitrogen and oxygen atoms in total. The quantitative estimate of drug-likeness (QED) is 0.786. The van der Waals surface area contributed by atoms with Gasteiger partial charge in [-0.3, -0.25) is 14.5 Å². The van der Waals surface area contributed by atoms with Gasteiger partial charge in [0, 0.05) is 50.4 Å². The van der Waals surface area contributed by atoms with Crippen LogP contribution in [-0.4, -0.2) is 78.2 Å². The fourth-order valence-electron chi connectivity index (χ4n) is 4.07. The van der Waals surface area contributed by atoms with Gasteiger partial charge in [-0.1, -0.05) is 31.0 Å². The second-order valence-electron chi connectivity index (χ2n) is 7.01. The van der Waals surface area contributed by atoms with Crippen molar-refractivity contribution in [1.82, 2.24) is 15.1 Å². The highest BCUT2D eigenvalue weighted by atomic mass is 32.2. The highest BCUT2D eigenvalue weighted by Gasteiger charge is 2.38. The molecule has 1 aliphatic carbocycles. The summed E-state index contributed by atoms with van der Waals surface area (Å²) in [5, 5.41) is 3.27. The monoisotopic (exact) mass is 355 g/mol. The molecule has 2 amide bonds. The van der Waals surface area contributed by atoms with Crippen molar-refractivity contribution in [2.24, 2.45) is 0 Å². The van der Waals surface area contributed by atoms with Crippen molar-refractivity contribution >= 4 is 22.9 Å². The van der Waals surface area contributed by atoms with Crippen LogP contribution < -0.4 is 5.32 Å². The molecule has 0 unspecified atom stereocenters. The van der Waals surface area contributed by atoms with Crippen LogP contribution in [0.2, 0.25) is 0 Å². The summed E-state index contributed by atoms with van der Waals surface area (Å²) >= 11 is 1.35. The third kappa shape index (κ3) is 4.43. The van der Waals surface area contributed by atoms with E-state index in [0.717, 1.165) is 58.0 Å². The van der Waals surface area contributed by atoms with Crippen LogP contribution >= 0.6 is 11.8 Å². The minimum absolute atomic E-state index is 0.0675. The smallest absolute Gasteiger partial charge is 0.281 e. The van der Waals surface area contributed by atoms with Gasteiger partial charge in [0.25, 0.3) is 5.24 Å². The zero-order chi connectivity index (χ0) is 16.8. The van der Waals surface area contributed by atoms with Crippen molar-refractivity contribution < 1.29 is 14.3 Å². The Bertz CT molecular complexity index is 448. The van der Waals surface area contributed by atoms with E-state index in [1.165, 1.54) is 31.0 Å². The third-order valence-electron chi connectivity index (χ3n) is 5.53. The summed E-state index contributed by atoms with van der Waals surface area (Å²) in [5.74, 6) is 0.915. The van der Waals surface area contributed by atoms with Gasteiger partial charge < -0.3 is 15.0 Å². The van der Waals surface area contributed by atoms with Crippen LogP contribution in [0.15, 0.2) is 0 Å². The topological polar surface area (TPSA) is 61.9 Å². The van der Waals surface area contributed by atoms with E-state index in [1.54, 1.807) is 4.90 Å². The molecular weight excluding hydrogens is 326 g/mol. The molecule has 0 bridgehead atoms. The molecule has 0 aromatic heterocycles. The molecule has 136 valence electrons. The fraction of sp³-hybridized carbons (Fsp3) is 0.882.